The van der Waals surface area contributed by atoms with Gasteiger partial charge in [0.1, 0.15) is 0 Å². The molecule has 0 saturated carbocycles. The lowest BCUT2D eigenvalue weighted by atomic mass is 10.1. The van der Waals surface area contributed by atoms with Gasteiger partial charge in [0.05, 0.1) is 11.9 Å². The van der Waals surface area contributed by atoms with E-state index in [9.17, 15) is 0 Å². The Morgan fingerprint density at radius 2 is 2.29 bits per heavy atom. The Kier molecular flexibility index (Phi) is 3.44. The van der Waals surface area contributed by atoms with Crippen molar-refractivity contribution in [3.05, 3.63) is 0 Å². The Labute approximate surface area is 87.4 Å². The topological polar surface area (TPSA) is 15.6 Å². The van der Waals surface area contributed by atoms with Crippen molar-refractivity contribution < 1.29 is 0 Å². The fourth-order valence-corrected chi connectivity index (χ4v) is 2.51. The third-order valence-corrected chi connectivity index (χ3v) is 3.35. The predicted octanol–water partition coefficient (Wildman–Crippen LogP) is 2.83. The molecular weight excluding hydrogens is 172 g/mol. The minimum Gasteiger partial charge on any atom is -0.358 e. The molecule has 2 heterocycles. The molecule has 2 aliphatic heterocycles. The number of hydrogen-bond donors (Lipinski definition) is 0. The molecule has 2 aliphatic rings. The Balaban J connectivity index is 1.77. The number of nitrogens with zero attached hydrogens (tertiary/aromatic N) is 2. The van der Waals surface area contributed by atoms with Gasteiger partial charge in [0.15, 0.2) is 0 Å². The highest BCUT2D eigenvalue weighted by molar-refractivity contribution is 5.84. The van der Waals surface area contributed by atoms with E-state index in [1.165, 1.54) is 63.9 Å². The van der Waals surface area contributed by atoms with Gasteiger partial charge in [-0.3, -0.25) is 4.99 Å². The lowest BCUT2D eigenvalue weighted by Gasteiger charge is -2.25. The van der Waals surface area contributed by atoms with Gasteiger partial charge in [-0.25, -0.2) is 0 Å². The van der Waals surface area contributed by atoms with E-state index in [1.807, 2.05) is 0 Å². The molecule has 0 aromatic rings. The normalized spacial score (nSPS) is 26.2. The number of unbranched alkanes of at least 4 members (excludes halogenated alkanes) is 2. The van der Waals surface area contributed by atoms with E-state index in [0.29, 0.717) is 6.04 Å². The van der Waals surface area contributed by atoms with Gasteiger partial charge in [-0.15, -0.1) is 0 Å². The van der Waals surface area contributed by atoms with E-state index in [1.54, 1.807) is 0 Å². The second-order valence-corrected chi connectivity index (χ2v) is 4.60. The zero-order chi connectivity index (χ0) is 9.80. The standard InChI is InChI=1S/C12H22N2/c1-2-3-4-7-11-10-14-9-6-5-8-12(14)13-11/h11H,2-10H2,1H3. The fraction of sp³-hybridized carbons (Fsp3) is 0.917. The summed E-state index contributed by atoms with van der Waals surface area (Å²) in [5, 5.41) is 0. The zero-order valence-electron chi connectivity index (χ0n) is 9.34. The molecule has 0 bridgehead atoms. The van der Waals surface area contributed by atoms with Crippen LogP contribution in [0.2, 0.25) is 0 Å². The molecule has 1 fully saturated rings. The van der Waals surface area contributed by atoms with E-state index in [2.05, 4.69) is 11.8 Å². The minimum absolute atomic E-state index is 0.634. The molecule has 2 nitrogen and oxygen atoms in total. The number of amidine groups is 1. The molecule has 14 heavy (non-hydrogen) atoms. The molecule has 0 spiro atoms. The van der Waals surface area contributed by atoms with Crippen molar-refractivity contribution in [1.82, 2.24) is 4.90 Å². The molecule has 0 aromatic carbocycles. The summed E-state index contributed by atoms with van der Waals surface area (Å²) in [5.74, 6) is 1.41. The maximum absolute atomic E-state index is 4.82. The first-order valence-corrected chi connectivity index (χ1v) is 6.22. The summed E-state index contributed by atoms with van der Waals surface area (Å²) in [6.45, 7) is 4.76. The largest absolute Gasteiger partial charge is 0.358 e. The Morgan fingerprint density at radius 1 is 1.36 bits per heavy atom. The number of aliphatic imine (C=N–C) groups is 1. The Morgan fingerprint density at radius 3 is 3.07 bits per heavy atom. The lowest BCUT2D eigenvalue weighted by molar-refractivity contribution is 0.373. The molecule has 0 aliphatic carbocycles. The van der Waals surface area contributed by atoms with Crippen LogP contribution >= 0.6 is 0 Å². The van der Waals surface area contributed by atoms with Gasteiger partial charge in [0, 0.05) is 19.5 Å². The van der Waals surface area contributed by atoms with Crippen molar-refractivity contribution in [3.63, 3.8) is 0 Å². The summed E-state index contributed by atoms with van der Waals surface area (Å²) in [5.41, 5.74) is 0. The second kappa shape index (κ2) is 4.81. The fourth-order valence-electron chi connectivity index (χ4n) is 2.51. The molecule has 0 N–H and O–H groups in total. The first kappa shape index (κ1) is 10.0. The van der Waals surface area contributed by atoms with Gasteiger partial charge in [0.25, 0.3) is 0 Å². The van der Waals surface area contributed by atoms with Gasteiger partial charge in [-0.2, -0.15) is 0 Å². The van der Waals surface area contributed by atoms with Gasteiger partial charge in [0.2, 0.25) is 0 Å². The van der Waals surface area contributed by atoms with Crippen LogP contribution in [0.1, 0.15) is 51.9 Å². The molecule has 1 saturated heterocycles. The van der Waals surface area contributed by atoms with E-state index in [-0.39, 0.29) is 0 Å². The second-order valence-electron chi connectivity index (χ2n) is 4.60. The van der Waals surface area contributed by atoms with Gasteiger partial charge >= 0.3 is 0 Å². The number of rotatable bonds is 4. The van der Waals surface area contributed by atoms with Crippen LogP contribution in [0.25, 0.3) is 0 Å². The maximum Gasteiger partial charge on any atom is 0.0993 e. The van der Waals surface area contributed by atoms with Crippen LogP contribution in [0, 0.1) is 0 Å². The summed E-state index contributed by atoms with van der Waals surface area (Å²) in [4.78, 5) is 7.34. The molecule has 2 rings (SSSR count). The van der Waals surface area contributed by atoms with Crippen molar-refractivity contribution >= 4 is 5.84 Å². The van der Waals surface area contributed by atoms with Crippen molar-refractivity contribution in [2.75, 3.05) is 13.1 Å². The van der Waals surface area contributed by atoms with Crippen LogP contribution in [-0.4, -0.2) is 29.9 Å². The molecule has 0 amide bonds. The summed E-state index contributed by atoms with van der Waals surface area (Å²) >= 11 is 0. The van der Waals surface area contributed by atoms with Crippen LogP contribution in [0.3, 0.4) is 0 Å². The summed E-state index contributed by atoms with van der Waals surface area (Å²) < 4.78 is 0. The summed E-state index contributed by atoms with van der Waals surface area (Å²) in [6, 6.07) is 0.634. The van der Waals surface area contributed by atoms with E-state index >= 15 is 0 Å². The average molecular weight is 194 g/mol. The van der Waals surface area contributed by atoms with E-state index < -0.39 is 0 Å². The monoisotopic (exact) mass is 194 g/mol. The average Bonchev–Trinajstić information content (AvgIpc) is 2.60. The molecule has 80 valence electrons. The number of piperidine rings is 1. The Bertz CT molecular complexity index is 210. The van der Waals surface area contributed by atoms with Gasteiger partial charge < -0.3 is 4.90 Å². The molecule has 1 atom stereocenters. The molecule has 1 unspecified atom stereocenters. The number of hydrogen-bond acceptors (Lipinski definition) is 2. The van der Waals surface area contributed by atoms with Gasteiger partial charge in [-0.05, 0) is 19.3 Å². The molecule has 0 aromatic heterocycles. The van der Waals surface area contributed by atoms with Crippen molar-refractivity contribution in [2.45, 2.75) is 57.9 Å². The first-order valence-electron chi connectivity index (χ1n) is 6.22. The quantitative estimate of drug-likeness (QED) is 0.628. The first-order chi connectivity index (χ1) is 6.90. The summed E-state index contributed by atoms with van der Waals surface area (Å²) in [7, 11) is 0. The van der Waals surface area contributed by atoms with Crippen LogP contribution in [0.15, 0.2) is 4.99 Å². The third-order valence-electron chi connectivity index (χ3n) is 3.35. The Hall–Kier alpha value is -0.530. The summed E-state index contributed by atoms with van der Waals surface area (Å²) in [6.07, 6.45) is 9.36. The molecule has 2 heteroatoms. The highest BCUT2D eigenvalue weighted by Crippen LogP contribution is 2.21. The lowest BCUT2D eigenvalue weighted by Crippen LogP contribution is -2.33. The smallest absolute Gasteiger partial charge is 0.0993 e. The van der Waals surface area contributed by atoms with Crippen LogP contribution in [-0.2, 0) is 0 Å². The SMILES string of the molecule is CCCCCC1CN2CCCCC2=N1. The van der Waals surface area contributed by atoms with Crippen molar-refractivity contribution in [1.29, 1.82) is 0 Å². The highest BCUT2D eigenvalue weighted by Gasteiger charge is 2.26. The number of fused-ring (bicyclic) bond motifs is 1. The van der Waals surface area contributed by atoms with E-state index in [0.717, 1.165) is 0 Å². The molecular formula is C12H22N2. The van der Waals surface area contributed by atoms with E-state index in [4.69, 9.17) is 4.99 Å². The zero-order valence-corrected chi connectivity index (χ0v) is 9.34. The maximum atomic E-state index is 4.82. The van der Waals surface area contributed by atoms with Crippen LogP contribution < -0.4 is 0 Å². The van der Waals surface area contributed by atoms with Gasteiger partial charge in [-0.1, -0.05) is 26.2 Å². The van der Waals surface area contributed by atoms with Crippen LogP contribution in [0.4, 0.5) is 0 Å². The predicted molar refractivity (Wildman–Crippen MR) is 60.8 cm³/mol. The highest BCUT2D eigenvalue weighted by atomic mass is 15.3. The third kappa shape index (κ3) is 2.28. The van der Waals surface area contributed by atoms with Crippen molar-refractivity contribution in [2.24, 2.45) is 4.99 Å². The molecule has 0 radical (unpaired) electrons. The van der Waals surface area contributed by atoms with Crippen molar-refractivity contribution in [3.8, 4) is 0 Å². The van der Waals surface area contributed by atoms with Crippen LogP contribution in [0.5, 0.6) is 0 Å². The minimum atomic E-state index is 0.634.